The Morgan fingerprint density at radius 2 is 1.97 bits per heavy atom. The first-order valence-corrected chi connectivity index (χ1v) is 10.1. The molecule has 0 bridgehead atoms. The van der Waals surface area contributed by atoms with Crippen molar-refractivity contribution in [2.75, 3.05) is 6.79 Å². The average Bonchev–Trinajstić information content (AvgIpc) is 3.40. The lowest BCUT2D eigenvalue weighted by Gasteiger charge is -2.06. The van der Waals surface area contributed by atoms with Gasteiger partial charge in [0.25, 0.3) is 0 Å². The van der Waals surface area contributed by atoms with Crippen LogP contribution in [0.5, 0.6) is 11.5 Å². The third-order valence-corrected chi connectivity index (χ3v) is 5.84. The summed E-state index contributed by atoms with van der Waals surface area (Å²) in [6.45, 7) is 2.21. The number of aromatic nitrogens is 2. The van der Waals surface area contributed by atoms with Crippen LogP contribution in [0.3, 0.4) is 0 Å². The van der Waals surface area contributed by atoms with Crippen LogP contribution in [0.1, 0.15) is 27.3 Å². The van der Waals surface area contributed by atoms with Gasteiger partial charge in [0.1, 0.15) is 5.82 Å². The third kappa shape index (κ3) is 3.27. The molecule has 0 amide bonds. The smallest absolute Gasteiger partial charge is 0.231 e. The molecule has 29 heavy (non-hydrogen) atoms. The Kier molecular flexibility index (Phi) is 4.32. The maximum Gasteiger partial charge on any atom is 0.231 e. The fourth-order valence-electron chi connectivity index (χ4n) is 3.52. The van der Waals surface area contributed by atoms with Gasteiger partial charge in [0.05, 0.1) is 11.4 Å². The first-order chi connectivity index (χ1) is 14.1. The first-order valence-electron chi connectivity index (χ1n) is 9.24. The number of nitrogens with zero attached hydrogens (tertiary/aromatic N) is 2. The van der Waals surface area contributed by atoms with E-state index < -0.39 is 0 Å². The predicted molar refractivity (Wildman–Crippen MR) is 108 cm³/mol. The van der Waals surface area contributed by atoms with E-state index in [9.17, 15) is 9.18 Å². The number of ether oxygens (including phenoxy) is 2. The summed E-state index contributed by atoms with van der Waals surface area (Å²) in [5.41, 5.74) is 3.17. The van der Waals surface area contributed by atoms with Gasteiger partial charge in [-0.25, -0.2) is 9.37 Å². The van der Waals surface area contributed by atoms with Crippen molar-refractivity contribution in [1.82, 2.24) is 9.38 Å². The molecule has 2 aromatic heterocycles. The number of ketones is 1. The van der Waals surface area contributed by atoms with Crippen LogP contribution in [0, 0.1) is 12.7 Å². The molecule has 5 nitrogen and oxygen atoms in total. The average molecular weight is 408 g/mol. The summed E-state index contributed by atoms with van der Waals surface area (Å²) in [7, 11) is 0. The Labute approximate surface area is 170 Å². The molecule has 0 saturated carbocycles. The minimum Gasteiger partial charge on any atom is -0.454 e. The van der Waals surface area contributed by atoms with E-state index in [2.05, 4.69) is 0 Å². The predicted octanol–water partition coefficient (Wildman–Crippen LogP) is 5.05. The number of thiazole rings is 1. The van der Waals surface area contributed by atoms with Crippen LogP contribution in [-0.2, 0) is 6.42 Å². The van der Waals surface area contributed by atoms with Gasteiger partial charge >= 0.3 is 0 Å². The highest BCUT2D eigenvalue weighted by Gasteiger charge is 2.19. The molecule has 1 aliphatic heterocycles. The van der Waals surface area contributed by atoms with E-state index in [4.69, 9.17) is 14.5 Å². The number of rotatable bonds is 5. The van der Waals surface area contributed by atoms with Crippen molar-refractivity contribution in [3.63, 3.8) is 0 Å². The number of imidazole rings is 1. The summed E-state index contributed by atoms with van der Waals surface area (Å²) < 4.78 is 26.1. The van der Waals surface area contributed by atoms with Crippen LogP contribution < -0.4 is 9.47 Å². The lowest BCUT2D eigenvalue weighted by atomic mass is 10.0. The zero-order valence-electron chi connectivity index (χ0n) is 15.6. The molecule has 0 aliphatic carbocycles. The van der Waals surface area contributed by atoms with Gasteiger partial charge in [-0.05, 0) is 55.8 Å². The Morgan fingerprint density at radius 1 is 1.17 bits per heavy atom. The van der Waals surface area contributed by atoms with Crippen LogP contribution in [0.25, 0.3) is 16.2 Å². The molecule has 5 rings (SSSR count). The summed E-state index contributed by atoms with van der Waals surface area (Å²) in [5.74, 6) is 0.995. The number of hydrogen-bond acceptors (Lipinski definition) is 5. The maximum atomic E-state index is 13.3. The Morgan fingerprint density at radius 3 is 2.79 bits per heavy atom. The summed E-state index contributed by atoms with van der Waals surface area (Å²) >= 11 is 1.59. The van der Waals surface area contributed by atoms with Crippen molar-refractivity contribution in [1.29, 1.82) is 0 Å². The van der Waals surface area contributed by atoms with Crippen LogP contribution in [0.15, 0.2) is 48.7 Å². The number of carbonyl (C=O) groups is 1. The zero-order chi connectivity index (χ0) is 20.0. The lowest BCUT2D eigenvalue weighted by molar-refractivity contribution is 0.0982. The number of hydrogen-bond donors (Lipinski definition) is 0. The van der Waals surface area contributed by atoms with Crippen LogP contribution >= 0.6 is 11.3 Å². The number of halogens is 1. The number of fused-ring (bicyclic) bond motifs is 2. The highest BCUT2D eigenvalue weighted by atomic mass is 32.1. The van der Waals surface area contributed by atoms with Crippen molar-refractivity contribution < 1.29 is 18.7 Å². The van der Waals surface area contributed by atoms with Gasteiger partial charge in [-0.15, -0.1) is 11.3 Å². The van der Waals surface area contributed by atoms with E-state index >= 15 is 0 Å². The molecule has 0 fully saturated rings. The summed E-state index contributed by atoms with van der Waals surface area (Å²) in [4.78, 5) is 19.6. The molecule has 3 heterocycles. The summed E-state index contributed by atoms with van der Waals surface area (Å²) in [5, 5.41) is 0. The van der Waals surface area contributed by atoms with E-state index in [0.717, 1.165) is 26.8 Å². The standard InChI is InChI=1S/C22H17FN2O3S/c1-13-11-25-17(21(24-22(25)29-13)14-2-5-16(23)6-3-14)7-8-18(26)15-4-9-19-20(10-15)28-12-27-19/h2-6,9-11H,7-8,12H2,1H3. The van der Waals surface area contributed by atoms with E-state index in [-0.39, 0.29) is 18.4 Å². The first kappa shape index (κ1) is 17.9. The quantitative estimate of drug-likeness (QED) is 0.434. The van der Waals surface area contributed by atoms with Crippen molar-refractivity contribution in [2.45, 2.75) is 19.8 Å². The second-order valence-electron chi connectivity index (χ2n) is 6.90. The number of carbonyl (C=O) groups excluding carboxylic acids is 1. The minimum absolute atomic E-state index is 0.0234. The monoisotopic (exact) mass is 408 g/mol. The van der Waals surface area contributed by atoms with E-state index in [1.807, 2.05) is 17.5 Å². The van der Waals surface area contributed by atoms with Crippen LogP contribution in [0.4, 0.5) is 4.39 Å². The van der Waals surface area contributed by atoms with Gasteiger partial charge < -0.3 is 9.47 Å². The van der Waals surface area contributed by atoms with Gasteiger partial charge in [0, 0.05) is 28.6 Å². The van der Waals surface area contributed by atoms with Gasteiger partial charge in [0.2, 0.25) is 6.79 Å². The maximum absolute atomic E-state index is 13.3. The van der Waals surface area contributed by atoms with Gasteiger partial charge in [-0.2, -0.15) is 0 Å². The Hall–Kier alpha value is -3.19. The van der Waals surface area contributed by atoms with Crippen LogP contribution in [0.2, 0.25) is 0 Å². The molecule has 146 valence electrons. The van der Waals surface area contributed by atoms with Crippen molar-refractivity contribution in [2.24, 2.45) is 0 Å². The minimum atomic E-state index is -0.287. The van der Waals surface area contributed by atoms with E-state index in [1.54, 1.807) is 41.7 Å². The second kappa shape index (κ2) is 7.00. The van der Waals surface area contributed by atoms with E-state index in [1.165, 1.54) is 12.1 Å². The zero-order valence-corrected chi connectivity index (χ0v) is 16.5. The lowest BCUT2D eigenvalue weighted by Crippen LogP contribution is -2.03. The van der Waals surface area contributed by atoms with Gasteiger partial charge in [-0.1, -0.05) is 0 Å². The van der Waals surface area contributed by atoms with Crippen molar-refractivity contribution in [3.05, 3.63) is 70.6 Å². The molecule has 0 N–H and O–H groups in total. The van der Waals surface area contributed by atoms with Gasteiger partial charge in [0.15, 0.2) is 22.2 Å². The number of aryl methyl sites for hydroxylation is 2. The van der Waals surface area contributed by atoms with Gasteiger partial charge in [-0.3, -0.25) is 9.20 Å². The molecule has 1 aliphatic rings. The molecule has 0 radical (unpaired) electrons. The largest absolute Gasteiger partial charge is 0.454 e. The number of Topliss-reactive ketones (excluding diaryl/α,β-unsaturated/α-hetero) is 1. The third-order valence-electron chi connectivity index (χ3n) is 4.94. The molecule has 7 heteroatoms. The Balaban J connectivity index is 1.45. The Bertz CT molecular complexity index is 1230. The molecule has 4 aromatic rings. The summed E-state index contributed by atoms with van der Waals surface area (Å²) in [6.07, 6.45) is 2.88. The molecule has 0 spiro atoms. The van der Waals surface area contributed by atoms with Crippen LogP contribution in [-0.4, -0.2) is 22.0 Å². The van der Waals surface area contributed by atoms with Crippen molar-refractivity contribution >= 4 is 22.1 Å². The highest BCUT2D eigenvalue weighted by Crippen LogP contribution is 2.33. The molecular formula is C22H17FN2O3S. The normalized spacial score (nSPS) is 12.6. The number of benzene rings is 2. The molecular weight excluding hydrogens is 391 g/mol. The fourth-order valence-corrected chi connectivity index (χ4v) is 4.37. The topological polar surface area (TPSA) is 52.8 Å². The SMILES string of the molecule is Cc1cn2c(CCC(=O)c3ccc4c(c3)OCO4)c(-c3ccc(F)cc3)nc2s1. The molecule has 0 saturated heterocycles. The summed E-state index contributed by atoms with van der Waals surface area (Å²) in [6, 6.07) is 11.5. The molecule has 2 aromatic carbocycles. The molecule has 0 atom stereocenters. The second-order valence-corrected chi connectivity index (χ2v) is 8.11. The highest BCUT2D eigenvalue weighted by molar-refractivity contribution is 7.17. The molecule has 0 unspecified atom stereocenters. The van der Waals surface area contributed by atoms with E-state index in [0.29, 0.717) is 29.9 Å². The fraction of sp³-hybridized carbons (Fsp3) is 0.182. The van der Waals surface area contributed by atoms with Crippen molar-refractivity contribution in [3.8, 4) is 22.8 Å².